The van der Waals surface area contributed by atoms with E-state index in [-0.39, 0.29) is 12.0 Å². The molecule has 1 rings (SSSR count). The zero-order valence-electron chi connectivity index (χ0n) is 7.42. The van der Waals surface area contributed by atoms with Crippen LogP contribution < -0.4 is 5.32 Å². The van der Waals surface area contributed by atoms with Crippen LogP contribution in [-0.2, 0) is 4.74 Å². The lowest BCUT2D eigenvalue weighted by atomic mass is 9.88. The molecule has 0 unspecified atom stereocenters. The van der Waals surface area contributed by atoms with Crippen molar-refractivity contribution < 1.29 is 9.84 Å². The zero-order valence-corrected chi connectivity index (χ0v) is 7.42. The van der Waals surface area contributed by atoms with Gasteiger partial charge in [-0.25, -0.2) is 0 Å². The van der Waals surface area contributed by atoms with Crippen molar-refractivity contribution in [2.45, 2.75) is 25.6 Å². The van der Waals surface area contributed by atoms with Gasteiger partial charge in [0.2, 0.25) is 0 Å². The van der Waals surface area contributed by atoms with E-state index in [0.29, 0.717) is 0 Å². The molecule has 0 aromatic carbocycles. The van der Waals surface area contributed by atoms with Crippen LogP contribution >= 0.6 is 0 Å². The summed E-state index contributed by atoms with van der Waals surface area (Å²) in [6.45, 7) is 5.36. The molecular formula is C8H17NO2. The summed E-state index contributed by atoms with van der Waals surface area (Å²) < 4.78 is 5.23. The highest BCUT2D eigenvalue weighted by atomic mass is 16.5. The number of hydrogen-bond acceptors (Lipinski definition) is 3. The summed E-state index contributed by atoms with van der Waals surface area (Å²) >= 11 is 0. The molecular weight excluding hydrogens is 142 g/mol. The van der Waals surface area contributed by atoms with Gasteiger partial charge in [-0.2, -0.15) is 0 Å². The molecule has 0 aromatic rings. The van der Waals surface area contributed by atoms with E-state index in [2.05, 4.69) is 5.32 Å². The van der Waals surface area contributed by atoms with E-state index in [1.54, 1.807) is 7.11 Å². The van der Waals surface area contributed by atoms with Gasteiger partial charge in [0.15, 0.2) is 0 Å². The summed E-state index contributed by atoms with van der Waals surface area (Å²) in [6, 6.07) is 0. The summed E-state index contributed by atoms with van der Waals surface area (Å²) in [7, 11) is 1.69. The summed E-state index contributed by atoms with van der Waals surface area (Å²) in [5.74, 6) is 0.215. The lowest BCUT2D eigenvalue weighted by Crippen LogP contribution is -2.39. The molecule has 2 atom stereocenters. The van der Waals surface area contributed by atoms with Crippen molar-refractivity contribution in [3.63, 3.8) is 0 Å². The minimum absolute atomic E-state index is 0.162. The molecule has 3 nitrogen and oxygen atoms in total. The van der Waals surface area contributed by atoms with Gasteiger partial charge < -0.3 is 15.2 Å². The summed E-state index contributed by atoms with van der Waals surface area (Å²) in [6.07, 6.45) is 0.162. The molecule has 0 saturated carbocycles. The van der Waals surface area contributed by atoms with Gasteiger partial charge in [-0.15, -0.1) is 0 Å². The van der Waals surface area contributed by atoms with Crippen molar-refractivity contribution in [1.82, 2.24) is 5.32 Å². The van der Waals surface area contributed by atoms with Crippen LogP contribution in [0.3, 0.4) is 0 Å². The topological polar surface area (TPSA) is 41.5 Å². The zero-order chi connectivity index (χ0) is 8.48. The predicted octanol–water partition coefficient (Wildman–Crippen LogP) is -0.00830. The quantitative estimate of drug-likeness (QED) is 0.595. The highest BCUT2D eigenvalue weighted by Gasteiger charge is 2.37. The van der Waals surface area contributed by atoms with E-state index in [1.807, 2.05) is 13.8 Å². The SMILES string of the molecule is CO[C@H]1CNC[C@@H]1C(C)(C)O. The second kappa shape index (κ2) is 3.09. The number of methoxy groups -OCH3 is 1. The number of aliphatic hydroxyl groups is 1. The van der Waals surface area contributed by atoms with Gasteiger partial charge in [-0.3, -0.25) is 0 Å². The molecule has 0 bridgehead atoms. The van der Waals surface area contributed by atoms with E-state index in [1.165, 1.54) is 0 Å². The Kier molecular flexibility index (Phi) is 2.52. The van der Waals surface area contributed by atoms with Crippen molar-refractivity contribution >= 4 is 0 Å². The Hall–Kier alpha value is -0.120. The van der Waals surface area contributed by atoms with Crippen molar-refractivity contribution in [2.75, 3.05) is 20.2 Å². The van der Waals surface area contributed by atoms with Gasteiger partial charge in [0.1, 0.15) is 0 Å². The van der Waals surface area contributed by atoms with E-state index in [4.69, 9.17) is 4.74 Å². The first-order valence-electron chi connectivity index (χ1n) is 4.01. The third-order valence-corrected chi connectivity index (χ3v) is 2.37. The maximum atomic E-state index is 9.70. The van der Waals surface area contributed by atoms with Gasteiger partial charge in [-0.1, -0.05) is 0 Å². The van der Waals surface area contributed by atoms with Crippen LogP contribution in [0.5, 0.6) is 0 Å². The predicted molar refractivity (Wildman–Crippen MR) is 43.5 cm³/mol. The maximum Gasteiger partial charge on any atom is 0.0763 e. The Morgan fingerprint density at radius 3 is 2.45 bits per heavy atom. The summed E-state index contributed by atoms with van der Waals surface area (Å²) in [5, 5.41) is 12.9. The maximum absolute atomic E-state index is 9.70. The Balaban J connectivity index is 2.57. The first kappa shape index (κ1) is 8.97. The van der Waals surface area contributed by atoms with Gasteiger partial charge in [-0.05, 0) is 13.8 Å². The fourth-order valence-electron chi connectivity index (χ4n) is 1.61. The second-order valence-corrected chi connectivity index (χ2v) is 3.69. The van der Waals surface area contributed by atoms with Crippen LogP contribution in [-0.4, -0.2) is 37.0 Å². The minimum Gasteiger partial charge on any atom is -0.390 e. The normalized spacial score (nSPS) is 32.7. The van der Waals surface area contributed by atoms with Gasteiger partial charge in [0.25, 0.3) is 0 Å². The summed E-state index contributed by atoms with van der Waals surface area (Å²) in [5.41, 5.74) is -0.635. The lowest BCUT2D eigenvalue weighted by molar-refractivity contribution is -0.0382. The largest absolute Gasteiger partial charge is 0.390 e. The molecule has 1 fully saturated rings. The molecule has 0 radical (unpaired) electrons. The van der Waals surface area contributed by atoms with E-state index in [9.17, 15) is 5.11 Å². The Morgan fingerprint density at radius 1 is 1.45 bits per heavy atom. The van der Waals surface area contributed by atoms with Crippen LogP contribution in [0, 0.1) is 5.92 Å². The molecule has 11 heavy (non-hydrogen) atoms. The monoisotopic (exact) mass is 159 g/mol. The molecule has 1 aliphatic heterocycles. The standard InChI is InChI=1S/C8H17NO2/c1-8(2,10)6-4-9-5-7(6)11-3/h6-7,9-10H,4-5H2,1-3H3/t6-,7-/m0/s1. The first-order chi connectivity index (χ1) is 5.05. The lowest BCUT2D eigenvalue weighted by Gasteiger charge is -2.28. The third-order valence-electron chi connectivity index (χ3n) is 2.37. The summed E-state index contributed by atoms with van der Waals surface area (Å²) in [4.78, 5) is 0. The molecule has 1 aliphatic rings. The van der Waals surface area contributed by atoms with E-state index < -0.39 is 5.60 Å². The van der Waals surface area contributed by atoms with Crippen molar-refractivity contribution in [1.29, 1.82) is 0 Å². The molecule has 1 saturated heterocycles. The highest BCUT2D eigenvalue weighted by molar-refractivity contribution is 4.91. The van der Waals surface area contributed by atoms with Crippen LogP contribution in [0.2, 0.25) is 0 Å². The second-order valence-electron chi connectivity index (χ2n) is 3.69. The minimum atomic E-state index is -0.635. The molecule has 3 heteroatoms. The van der Waals surface area contributed by atoms with Crippen LogP contribution in [0.25, 0.3) is 0 Å². The number of rotatable bonds is 2. The molecule has 0 aromatic heterocycles. The van der Waals surface area contributed by atoms with Crippen molar-refractivity contribution in [3.8, 4) is 0 Å². The number of nitrogens with one attached hydrogen (secondary N) is 1. The van der Waals surface area contributed by atoms with E-state index in [0.717, 1.165) is 13.1 Å². The Bertz CT molecular complexity index is 131. The van der Waals surface area contributed by atoms with Crippen LogP contribution in [0.15, 0.2) is 0 Å². The Morgan fingerprint density at radius 2 is 2.09 bits per heavy atom. The van der Waals surface area contributed by atoms with Gasteiger partial charge in [0.05, 0.1) is 11.7 Å². The average Bonchev–Trinajstić information content (AvgIpc) is 2.31. The fourth-order valence-corrected chi connectivity index (χ4v) is 1.61. The van der Waals surface area contributed by atoms with Crippen molar-refractivity contribution in [3.05, 3.63) is 0 Å². The number of ether oxygens (including phenoxy) is 1. The Labute approximate surface area is 67.7 Å². The van der Waals surface area contributed by atoms with Gasteiger partial charge >= 0.3 is 0 Å². The number of hydrogen-bond donors (Lipinski definition) is 2. The molecule has 1 heterocycles. The highest BCUT2D eigenvalue weighted by Crippen LogP contribution is 2.24. The van der Waals surface area contributed by atoms with Crippen molar-refractivity contribution in [2.24, 2.45) is 5.92 Å². The fraction of sp³-hybridized carbons (Fsp3) is 1.00. The molecule has 66 valence electrons. The van der Waals surface area contributed by atoms with Gasteiger partial charge in [0, 0.05) is 26.1 Å². The van der Waals surface area contributed by atoms with E-state index >= 15 is 0 Å². The first-order valence-corrected chi connectivity index (χ1v) is 4.01. The molecule has 0 spiro atoms. The molecule has 0 amide bonds. The molecule has 0 aliphatic carbocycles. The van der Waals surface area contributed by atoms with Crippen LogP contribution in [0.4, 0.5) is 0 Å². The molecule has 2 N–H and O–H groups in total. The smallest absolute Gasteiger partial charge is 0.0763 e. The third kappa shape index (κ3) is 1.92. The average molecular weight is 159 g/mol. The van der Waals surface area contributed by atoms with Crippen LogP contribution in [0.1, 0.15) is 13.8 Å².